The van der Waals surface area contributed by atoms with Crippen LogP contribution in [0.15, 0.2) is 52.1 Å². The zero-order valence-corrected chi connectivity index (χ0v) is 17.7. The average Bonchev–Trinajstić information content (AvgIpc) is 2.73. The van der Waals surface area contributed by atoms with Gasteiger partial charge in [-0.15, -0.1) is 0 Å². The standard InChI is InChI=1S/C22H23ClFN3O3/c1-4-13(3)25-20(28)18(5-2)27-19-9-7-6-8-15(19)21(29)26(22(27)30)14-10-11-17(24)16(23)12-14/h6-13,18H,4-5H2,1-3H3,(H,25,28). The van der Waals surface area contributed by atoms with Crippen molar-refractivity contribution in [2.24, 2.45) is 0 Å². The number of benzene rings is 2. The number of rotatable bonds is 6. The highest BCUT2D eigenvalue weighted by Gasteiger charge is 2.25. The van der Waals surface area contributed by atoms with Crippen LogP contribution in [0, 0.1) is 5.82 Å². The molecule has 0 radical (unpaired) electrons. The molecule has 0 aliphatic carbocycles. The Hall–Kier alpha value is -2.93. The van der Waals surface area contributed by atoms with E-state index in [1.54, 1.807) is 31.2 Å². The number of carbonyl (C=O) groups is 1. The SMILES string of the molecule is CCC(C)NC(=O)C(CC)n1c(=O)n(-c2ccc(F)c(Cl)c2)c(=O)c2ccccc21. The molecule has 0 fully saturated rings. The van der Waals surface area contributed by atoms with Gasteiger partial charge in [0.15, 0.2) is 0 Å². The normalized spacial score (nSPS) is 13.2. The summed E-state index contributed by atoms with van der Waals surface area (Å²) in [6.45, 7) is 5.63. The summed E-state index contributed by atoms with van der Waals surface area (Å²) in [5.74, 6) is -0.963. The number of aromatic nitrogens is 2. The zero-order chi connectivity index (χ0) is 22.0. The van der Waals surface area contributed by atoms with Gasteiger partial charge in [-0.3, -0.25) is 14.2 Å². The average molecular weight is 432 g/mol. The van der Waals surface area contributed by atoms with E-state index in [1.165, 1.54) is 16.7 Å². The van der Waals surface area contributed by atoms with Gasteiger partial charge >= 0.3 is 5.69 Å². The molecule has 1 aromatic heterocycles. The monoisotopic (exact) mass is 431 g/mol. The van der Waals surface area contributed by atoms with Crippen LogP contribution in [0.1, 0.15) is 39.7 Å². The minimum atomic E-state index is -0.820. The number of para-hydroxylation sites is 1. The van der Waals surface area contributed by atoms with Crippen LogP contribution in [0.25, 0.3) is 16.6 Å². The van der Waals surface area contributed by atoms with E-state index in [0.717, 1.165) is 17.1 Å². The number of hydrogen-bond acceptors (Lipinski definition) is 3. The molecule has 0 aliphatic rings. The molecule has 3 aromatic rings. The molecule has 2 unspecified atom stereocenters. The number of carbonyl (C=O) groups excluding carboxylic acids is 1. The first-order chi connectivity index (χ1) is 14.3. The Labute approximate surface area is 177 Å². The molecule has 1 N–H and O–H groups in total. The first-order valence-corrected chi connectivity index (χ1v) is 10.2. The van der Waals surface area contributed by atoms with Crippen molar-refractivity contribution in [3.05, 3.63) is 74.1 Å². The fourth-order valence-corrected chi connectivity index (χ4v) is 3.54. The molecule has 2 aromatic carbocycles. The highest BCUT2D eigenvalue weighted by molar-refractivity contribution is 6.30. The van der Waals surface area contributed by atoms with Gasteiger partial charge in [-0.2, -0.15) is 0 Å². The third kappa shape index (κ3) is 3.89. The first kappa shape index (κ1) is 21.8. The van der Waals surface area contributed by atoms with Crippen LogP contribution < -0.4 is 16.6 Å². The van der Waals surface area contributed by atoms with Gasteiger partial charge in [-0.25, -0.2) is 13.8 Å². The van der Waals surface area contributed by atoms with Crippen molar-refractivity contribution in [2.75, 3.05) is 0 Å². The third-order valence-corrected chi connectivity index (χ3v) is 5.45. The van der Waals surface area contributed by atoms with E-state index in [1.807, 2.05) is 13.8 Å². The summed E-state index contributed by atoms with van der Waals surface area (Å²) >= 11 is 5.88. The lowest BCUT2D eigenvalue weighted by atomic mass is 10.1. The topological polar surface area (TPSA) is 73.1 Å². The Morgan fingerprint density at radius 3 is 2.47 bits per heavy atom. The summed E-state index contributed by atoms with van der Waals surface area (Å²) < 4.78 is 15.9. The Morgan fingerprint density at radius 1 is 1.13 bits per heavy atom. The number of amides is 1. The highest BCUT2D eigenvalue weighted by atomic mass is 35.5. The molecule has 3 rings (SSSR count). The van der Waals surface area contributed by atoms with Gasteiger partial charge < -0.3 is 5.32 Å². The first-order valence-electron chi connectivity index (χ1n) is 9.82. The van der Waals surface area contributed by atoms with E-state index in [0.29, 0.717) is 11.9 Å². The molecular formula is C22H23ClFN3O3. The summed E-state index contributed by atoms with van der Waals surface area (Å²) in [4.78, 5) is 39.5. The van der Waals surface area contributed by atoms with Crippen molar-refractivity contribution in [3.63, 3.8) is 0 Å². The Morgan fingerprint density at radius 2 is 1.83 bits per heavy atom. The lowest BCUT2D eigenvalue weighted by Gasteiger charge is -2.23. The van der Waals surface area contributed by atoms with Gasteiger partial charge in [0, 0.05) is 6.04 Å². The molecule has 6 nitrogen and oxygen atoms in total. The van der Waals surface area contributed by atoms with Crippen LogP contribution in [0.3, 0.4) is 0 Å². The fourth-order valence-electron chi connectivity index (χ4n) is 3.36. The maximum atomic E-state index is 13.6. The second-order valence-electron chi connectivity index (χ2n) is 7.15. The lowest BCUT2D eigenvalue weighted by molar-refractivity contribution is -0.125. The van der Waals surface area contributed by atoms with Gasteiger partial charge in [0.1, 0.15) is 11.9 Å². The van der Waals surface area contributed by atoms with E-state index in [4.69, 9.17) is 11.6 Å². The zero-order valence-electron chi connectivity index (χ0n) is 17.0. The molecule has 1 heterocycles. The van der Waals surface area contributed by atoms with Crippen molar-refractivity contribution >= 4 is 28.4 Å². The summed E-state index contributed by atoms with van der Waals surface area (Å²) in [6, 6.07) is 9.36. The minimum absolute atomic E-state index is 0.0599. The second kappa shape index (κ2) is 8.83. The van der Waals surface area contributed by atoms with E-state index in [9.17, 15) is 18.8 Å². The molecule has 0 aliphatic heterocycles. The third-order valence-electron chi connectivity index (χ3n) is 5.16. The largest absolute Gasteiger partial charge is 0.352 e. The van der Waals surface area contributed by atoms with Crippen molar-refractivity contribution in [2.45, 2.75) is 45.7 Å². The van der Waals surface area contributed by atoms with E-state index in [2.05, 4.69) is 5.32 Å². The van der Waals surface area contributed by atoms with Gasteiger partial charge in [0.05, 0.1) is 21.6 Å². The molecule has 30 heavy (non-hydrogen) atoms. The molecular weight excluding hydrogens is 409 g/mol. The van der Waals surface area contributed by atoms with E-state index in [-0.39, 0.29) is 28.0 Å². The lowest BCUT2D eigenvalue weighted by Crippen LogP contribution is -2.45. The van der Waals surface area contributed by atoms with Gasteiger partial charge in [-0.05, 0) is 50.1 Å². The smallest absolute Gasteiger partial charge is 0.336 e. The molecule has 0 saturated heterocycles. The molecule has 1 amide bonds. The van der Waals surface area contributed by atoms with Gasteiger partial charge in [0.2, 0.25) is 5.91 Å². The van der Waals surface area contributed by atoms with Crippen molar-refractivity contribution < 1.29 is 9.18 Å². The van der Waals surface area contributed by atoms with Crippen LogP contribution in [0.2, 0.25) is 5.02 Å². The Bertz CT molecular complexity index is 1220. The number of halogens is 2. The Balaban J connectivity index is 2.33. The molecule has 2 atom stereocenters. The molecule has 0 saturated carbocycles. The van der Waals surface area contributed by atoms with Crippen LogP contribution in [-0.2, 0) is 4.79 Å². The maximum absolute atomic E-state index is 13.6. The van der Waals surface area contributed by atoms with E-state index >= 15 is 0 Å². The van der Waals surface area contributed by atoms with Gasteiger partial charge in [-0.1, -0.05) is 37.6 Å². The number of fused-ring (bicyclic) bond motifs is 1. The predicted molar refractivity (Wildman–Crippen MR) is 116 cm³/mol. The Kier molecular flexibility index (Phi) is 6.41. The van der Waals surface area contributed by atoms with Gasteiger partial charge in [0.25, 0.3) is 5.56 Å². The van der Waals surface area contributed by atoms with Crippen molar-refractivity contribution in [1.82, 2.24) is 14.5 Å². The van der Waals surface area contributed by atoms with Crippen LogP contribution in [-0.4, -0.2) is 21.1 Å². The molecule has 158 valence electrons. The number of nitrogens with one attached hydrogen (secondary N) is 1. The fraction of sp³-hybridized carbons (Fsp3) is 0.318. The quantitative estimate of drug-likeness (QED) is 0.645. The predicted octanol–water partition coefficient (Wildman–Crippen LogP) is 3.81. The van der Waals surface area contributed by atoms with Crippen molar-refractivity contribution in [1.29, 1.82) is 0 Å². The second-order valence-corrected chi connectivity index (χ2v) is 7.56. The summed E-state index contributed by atoms with van der Waals surface area (Å²) in [7, 11) is 0. The molecule has 0 spiro atoms. The molecule has 0 bridgehead atoms. The number of nitrogens with zero attached hydrogens (tertiary/aromatic N) is 2. The summed E-state index contributed by atoms with van der Waals surface area (Å²) in [6.07, 6.45) is 1.08. The van der Waals surface area contributed by atoms with Crippen LogP contribution >= 0.6 is 11.6 Å². The maximum Gasteiger partial charge on any atom is 0.336 e. The van der Waals surface area contributed by atoms with Crippen LogP contribution in [0.5, 0.6) is 0 Å². The van der Waals surface area contributed by atoms with E-state index < -0.39 is 23.1 Å². The number of hydrogen-bond donors (Lipinski definition) is 1. The minimum Gasteiger partial charge on any atom is -0.352 e. The van der Waals surface area contributed by atoms with Crippen LogP contribution in [0.4, 0.5) is 4.39 Å². The van der Waals surface area contributed by atoms with Crippen molar-refractivity contribution in [3.8, 4) is 5.69 Å². The molecule has 8 heteroatoms. The highest BCUT2D eigenvalue weighted by Crippen LogP contribution is 2.20. The summed E-state index contributed by atoms with van der Waals surface area (Å²) in [5, 5.41) is 2.97. The summed E-state index contributed by atoms with van der Waals surface area (Å²) in [5.41, 5.74) is -0.754.